The number of benzene rings is 2. The Labute approximate surface area is 198 Å². The molecule has 10 heteroatoms. The summed E-state index contributed by atoms with van der Waals surface area (Å²) >= 11 is 0. The zero-order valence-electron chi connectivity index (χ0n) is 18.7. The summed E-state index contributed by atoms with van der Waals surface area (Å²) in [5.74, 6) is 0.660. The van der Waals surface area contributed by atoms with Crippen LogP contribution in [0.5, 0.6) is 0 Å². The van der Waals surface area contributed by atoms with Gasteiger partial charge in [0.25, 0.3) is 0 Å². The average molecular weight is 497 g/mol. The van der Waals surface area contributed by atoms with Crippen LogP contribution in [-0.2, 0) is 32.8 Å². The van der Waals surface area contributed by atoms with Gasteiger partial charge in [0, 0.05) is 42.9 Å². The van der Waals surface area contributed by atoms with E-state index in [0.29, 0.717) is 23.8 Å². The molecule has 34 heavy (non-hydrogen) atoms. The molecule has 0 saturated carbocycles. The Balaban J connectivity index is 1.48. The summed E-state index contributed by atoms with van der Waals surface area (Å²) in [4.78, 5) is 9.37. The van der Waals surface area contributed by atoms with E-state index in [1.807, 2.05) is 12.1 Å². The lowest BCUT2D eigenvalue weighted by atomic mass is 10.2. The third kappa shape index (κ3) is 5.70. The monoisotopic (exact) mass is 496 g/mol. The highest BCUT2D eigenvalue weighted by atomic mass is 32.2. The number of rotatable bonds is 8. The number of sulfone groups is 2. The van der Waals surface area contributed by atoms with E-state index in [1.54, 1.807) is 60.9 Å². The molecule has 176 valence electrons. The van der Waals surface area contributed by atoms with Crippen LogP contribution in [0, 0.1) is 0 Å². The van der Waals surface area contributed by atoms with Crippen molar-refractivity contribution in [1.29, 1.82) is 0 Å². The first-order chi connectivity index (χ1) is 16.1. The van der Waals surface area contributed by atoms with Crippen molar-refractivity contribution in [2.75, 3.05) is 23.1 Å². The largest absolute Gasteiger partial charge is 0.380 e. The number of nitrogens with one attached hydrogen (secondary N) is 2. The Hall–Kier alpha value is -3.50. The van der Waals surface area contributed by atoms with Gasteiger partial charge >= 0.3 is 0 Å². The van der Waals surface area contributed by atoms with Gasteiger partial charge in [-0.3, -0.25) is 4.98 Å². The van der Waals surface area contributed by atoms with Gasteiger partial charge in [-0.2, -0.15) is 0 Å². The van der Waals surface area contributed by atoms with Crippen LogP contribution >= 0.6 is 0 Å². The van der Waals surface area contributed by atoms with Gasteiger partial charge in [-0.15, -0.1) is 0 Å². The Kier molecular flexibility index (Phi) is 6.54. The van der Waals surface area contributed by atoms with E-state index in [-0.39, 0.29) is 4.90 Å². The van der Waals surface area contributed by atoms with Crippen molar-refractivity contribution in [3.8, 4) is 0 Å². The predicted octanol–water partition coefficient (Wildman–Crippen LogP) is 3.66. The number of fused-ring (bicyclic) bond motifs is 1. The molecular weight excluding hydrogens is 472 g/mol. The fraction of sp³-hybridized carbons (Fsp3) is 0.167. The molecule has 0 aliphatic rings. The number of aromatic nitrogens is 2. The van der Waals surface area contributed by atoms with Gasteiger partial charge in [0.1, 0.15) is 5.82 Å². The quantitative estimate of drug-likeness (QED) is 0.379. The molecular formula is C24H24N4O4S2. The molecule has 0 aliphatic carbocycles. The Bertz CT molecular complexity index is 1530. The van der Waals surface area contributed by atoms with E-state index in [2.05, 4.69) is 20.6 Å². The Morgan fingerprint density at radius 1 is 0.706 bits per heavy atom. The van der Waals surface area contributed by atoms with Crippen LogP contribution in [0.3, 0.4) is 0 Å². The van der Waals surface area contributed by atoms with Crippen LogP contribution in [0.2, 0.25) is 0 Å². The van der Waals surface area contributed by atoms with E-state index >= 15 is 0 Å². The summed E-state index contributed by atoms with van der Waals surface area (Å²) in [6.45, 7) is 0.999. The van der Waals surface area contributed by atoms with Crippen molar-refractivity contribution in [2.24, 2.45) is 0 Å². The molecule has 0 amide bonds. The maximum Gasteiger partial charge on any atom is 0.175 e. The molecule has 4 rings (SSSR count). The fourth-order valence-corrected chi connectivity index (χ4v) is 4.66. The Morgan fingerprint density at radius 3 is 1.76 bits per heavy atom. The van der Waals surface area contributed by atoms with Crippen LogP contribution in [0.15, 0.2) is 82.8 Å². The zero-order valence-corrected chi connectivity index (χ0v) is 20.3. The van der Waals surface area contributed by atoms with Gasteiger partial charge in [-0.1, -0.05) is 24.3 Å². The lowest BCUT2D eigenvalue weighted by Gasteiger charge is -2.12. The molecule has 2 aromatic heterocycles. The number of pyridine rings is 2. The van der Waals surface area contributed by atoms with Gasteiger partial charge in [-0.05, 0) is 47.5 Å². The molecule has 0 unspecified atom stereocenters. The molecule has 0 radical (unpaired) electrons. The summed E-state index contributed by atoms with van der Waals surface area (Å²) in [6.07, 6.45) is 5.77. The van der Waals surface area contributed by atoms with Crippen molar-refractivity contribution in [2.45, 2.75) is 22.9 Å². The van der Waals surface area contributed by atoms with Gasteiger partial charge in [0.05, 0.1) is 21.5 Å². The lowest BCUT2D eigenvalue weighted by Crippen LogP contribution is -2.04. The number of hydrogen-bond donors (Lipinski definition) is 2. The maximum absolute atomic E-state index is 11.6. The maximum atomic E-state index is 11.6. The van der Waals surface area contributed by atoms with Crippen molar-refractivity contribution >= 4 is 42.1 Å². The van der Waals surface area contributed by atoms with E-state index < -0.39 is 19.7 Å². The highest BCUT2D eigenvalue weighted by Crippen LogP contribution is 2.24. The fourth-order valence-electron chi connectivity index (χ4n) is 3.40. The molecule has 2 heterocycles. The number of hydrogen-bond acceptors (Lipinski definition) is 8. The molecule has 0 aliphatic heterocycles. The van der Waals surface area contributed by atoms with E-state index in [9.17, 15) is 16.8 Å². The van der Waals surface area contributed by atoms with Crippen LogP contribution in [0.4, 0.5) is 11.5 Å². The third-order valence-electron chi connectivity index (χ3n) is 5.29. The minimum absolute atomic E-state index is 0.285. The predicted molar refractivity (Wildman–Crippen MR) is 133 cm³/mol. The normalized spacial score (nSPS) is 11.9. The second-order valence-corrected chi connectivity index (χ2v) is 12.0. The van der Waals surface area contributed by atoms with Crippen molar-refractivity contribution in [3.63, 3.8) is 0 Å². The first kappa shape index (κ1) is 23.7. The summed E-state index contributed by atoms with van der Waals surface area (Å²) in [7, 11) is -6.45. The van der Waals surface area contributed by atoms with E-state index in [0.717, 1.165) is 27.7 Å². The molecule has 2 N–H and O–H groups in total. The Morgan fingerprint density at radius 2 is 1.24 bits per heavy atom. The van der Waals surface area contributed by atoms with Gasteiger partial charge in [0.15, 0.2) is 19.7 Å². The first-order valence-electron chi connectivity index (χ1n) is 10.4. The average Bonchev–Trinajstić information content (AvgIpc) is 2.80. The molecule has 0 spiro atoms. The molecule has 4 aromatic rings. The number of anilines is 2. The summed E-state index contributed by atoms with van der Waals surface area (Å²) in [5.41, 5.74) is 3.49. The van der Waals surface area contributed by atoms with Gasteiger partial charge in [0.2, 0.25) is 0 Å². The molecule has 0 atom stereocenters. The highest BCUT2D eigenvalue weighted by Gasteiger charge is 2.09. The van der Waals surface area contributed by atoms with Gasteiger partial charge in [-0.25, -0.2) is 21.8 Å². The lowest BCUT2D eigenvalue weighted by molar-refractivity contribution is 0.600. The van der Waals surface area contributed by atoms with E-state index in [4.69, 9.17) is 0 Å². The summed E-state index contributed by atoms with van der Waals surface area (Å²) in [6, 6.07) is 17.3. The summed E-state index contributed by atoms with van der Waals surface area (Å²) < 4.78 is 46.5. The molecule has 2 aromatic carbocycles. The minimum atomic E-state index is -3.22. The highest BCUT2D eigenvalue weighted by molar-refractivity contribution is 7.91. The van der Waals surface area contributed by atoms with Crippen LogP contribution in [0.25, 0.3) is 10.9 Å². The number of nitrogens with zero attached hydrogens (tertiary/aromatic N) is 2. The van der Waals surface area contributed by atoms with Crippen LogP contribution in [0.1, 0.15) is 11.1 Å². The zero-order chi connectivity index (χ0) is 24.3. The topological polar surface area (TPSA) is 118 Å². The van der Waals surface area contributed by atoms with E-state index in [1.165, 1.54) is 12.5 Å². The SMILES string of the molecule is CS(=O)(=O)c1ccc(CNc2cc3c(NCc4ccc(S(C)(=O)=O)cc4)ccnc3cn2)cc1. The second kappa shape index (κ2) is 9.40. The summed E-state index contributed by atoms with van der Waals surface area (Å²) in [5, 5.41) is 7.53. The van der Waals surface area contributed by atoms with Crippen LogP contribution in [-0.4, -0.2) is 39.3 Å². The standard InChI is InChI=1S/C24H24N4O4S2/c1-33(29,30)19-7-3-17(4-8-19)14-26-22-11-12-25-23-16-28-24(13-21(22)23)27-15-18-5-9-20(10-6-18)34(2,31)32/h3-13,16H,14-15H2,1-2H3,(H,25,26)(H,27,28). The van der Waals surface area contributed by atoms with Crippen molar-refractivity contribution < 1.29 is 16.8 Å². The molecule has 8 nitrogen and oxygen atoms in total. The first-order valence-corrected chi connectivity index (χ1v) is 14.2. The molecule has 0 saturated heterocycles. The molecule has 0 fully saturated rings. The van der Waals surface area contributed by atoms with Crippen LogP contribution < -0.4 is 10.6 Å². The van der Waals surface area contributed by atoms with Crippen molar-refractivity contribution in [3.05, 3.63) is 84.2 Å². The van der Waals surface area contributed by atoms with Crippen molar-refractivity contribution in [1.82, 2.24) is 9.97 Å². The van der Waals surface area contributed by atoms with Gasteiger partial charge < -0.3 is 10.6 Å². The third-order valence-corrected chi connectivity index (χ3v) is 7.54. The second-order valence-electron chi connectivity index (χ2n) is 7.98. The molecule has 0 bridgehead atoms. The smallest absolute Gasteiger partial charge is 0.175 e. The minimum Gasteiger partial charge on any atom is -0.380 e.